The van der Waals surface area contributed by atoms with E-state index in [2.05, 4.69) is 79.9 Å². The van der Waals surface area contributed by atoms with Gasteiger partial charge < -0.3 is 20.1 Å². The average molecular weight is 878 g/mol. The Kier molecular flexibility index (Phi) is 45.4. The van der Waals surface area contributed by atoms with Gasteiger partial charge in [-0.2, -0.15) is 0 Å². The predicted octanol–water partition coefficient (Wildman–Crippen LogP) is 14.4. The first-order chi connectivity index (χ1) is 29.8. The van der Waals surface area contributed by atoms with Gasteiger partial charge in [0.05, 0.1) is 13.2 Å². The quantitative estimate of drug-likeness (QED) is 0.0238. The first-order valence-corrected chi connectivity index (χ1v) is 26.3. The van der Waals surface area contributed by atoms with Crippen LogP contribution in [-0.4, -0.2) is 54.3 Å². The van der Waals surface area contributed by atoms with Crippen LogP contribution < -0.4 is 5.32 Å². The summed E-state index contributed by atoms with van der Waals surface area (Å²) in [6.45, 7) is 3.52. The van der Waals surface area contributed by atoms with Gasteiger partial charge >= 0.3 is 13.8 Å². The predicted molar refractivity (Wildman–Crippen MR) is 256 cm³/mol. The SMILES string of the molecule is CCCCC/C=C\C/C=C\C/C=C\C/C=C\CCCCCCCCCC(=O)OCC(O)COP(=O)(O)OCCNC(=O)CCCCCCCCC/C=C\CCCCCCCC. The van der Waals surface area contributed by atoms with Crippen LogP contribution in [0.3, 0.4) is 0 Å². The number of allylic oxidation sites excluding steroid dienone is 10. The molecule has 9 nitrogen and oxygen atoms in total. The maximum Gasteiger partial charge on any atom is 0.472 e. The summed E-state index contributed by atoms with van der Waals surface area (Å²) in [5.41, 5.74) is 0. The Morgan fingerprint density at radius 2 is 0.885 bits per heavy atom. The van der Waals surface area contributed by atoms with Gasteiger partial charge in [0.25, 0.3) is 0 Å². The van der Waals surface area contributed by atoms with E-state index in [1.807, 2.05) is 0 Å². The van der Waals surface area contributed by atoms with Crippen molar-refractivity contribution in [2.45, 2.75) is 225 Å². The fourth-order valence-corrected chi connectivity index (χ4v) is 7.41. The number of carbonyl (C=O) groups excluding carboxylic acids is 2. The fraction of sp³-hybridized carbons (Fsp3) is 0.765. The molecule has 2 atom stereocenters. The summed E-state index contributed by atoms with van der Waals surface area (Å²) in [5, 5.41) is 12.7. The van der Waals surface area contributed by atoms with E-state index in [4.69, 9.17) is 13.8 Å². The second-order valence-corrected chi connectivity index (χ2v) is 17.9. The molecule has 0 spiro atoms. The van der Waals surface area contributed by atoms with Crippen molar-refractivity contribution in [2.24, 2.45) is 0 Å². The zero-order valence-electron chi connectivity index (χ0n) is 39.1. The molecule has 0 heterocycles. The number of ether oxygens (including phenoxy) is 1. The third kappa shape index (κ3) is 48.6. The molecule has 3 N–H and O–H groups in total. The smallest absolute Gasteiger partial charge is 0.463 e. The minimum absolute atomic E-state index is 0.0765. The van der Waals surface area contributed by atoms with E-state index < -0.39 is 26.5 Å². The van der Waals surface area contributed by atoms with Crippen molar-refractivity contribution < 1.29 is 37.9 Å². The van der Waals surface area contributed by atoms with E-state index in [0.29, 0.717) is 6.42 Å². The first-order valence-electron chi connectivity index (χ1n) is 24.8. The molecule has 10 heteroatoms. The lowest BCUT2D eigenvalue weighted by Crippen LogP contribution is -2.27. The van der Waals surface area contributed by atoms with Crippen molar-refractivity contribution in [3.8, 4) is 0 Å². The lowest BCUT2D eigenvalue weighted by atomic mass is 10.1. The average Bonchev–Trinajstić information content (AvgIpc) is 3.25. The number of aliphatic hydroxyl groups excluding tert-OH is 1. The van der Waals surface area contributed by atoms with Gasteiger partial charge in [-0.25, -0.2) is 4.57 Å². The summed E-state index contributed by atoms with van der Waals surface area (Å²) < 4.78 is 27.0. The molecule has 354 valence electrons. The van der Waals surface area contributed by atoms with Crippen molar-refractivity contribution in [3.05, 3.63) is 60.8 Å². The van der Waals surface area contributed by atoms with Gasteiger partial charge in [-0.3, -0.25) is 18.6 Å². The highest BCUT2D eigenvalue weighted by Gasteiger charge is 2.23. The van der Waals surface area contributed by atoms with Crippen LogP contribution in [0.25, 0.3) is 0 Å². The summed E-state index contributed by atoms with van der Waals surface area (Å²) in [5.74, 6) is -0.531. The molecule has 0 aromatic heterocycles. The van der Waals surface area contributed by atoms with Gasteiger partial charge in [-0.05, 0) is 83.5 Å². The number of amides is 1. The second kappa shape index (κ2) is 47.2. The Bertz CT molecular complexity index is 1180. The zero-order chi connectivity index (χ0) is 44.6. The molecule has 0 aliphatic rings. The number of phosphoric ester groups is 1. The van der Waals surface area contributed by atoms with Crippen LogP contribution in [0.1, 0.15) is 219 Å². The molecule has 0 rings (SSSR count). The van der Waals surface area contributed by atoms with Crippen molar-refractivity contribution in [2.75, 3.05) is 26.4 Å². The number of hydrogen-bond acceptors (Lipinski definition) is 7. The number of esters is 1. The number of aliphatic hydroxyl groups is 1. The Morgan fingerprint density at radius 1 is 0.508 bits per heavy atom. The molecule has 0 aliphatic carbocycles. The Balaban J connectivity index is 3.61. The van der Waals surface area contributed by atoms with Crippen molar-refractivity contribution in [1.29, 1.82) is 0 Å². The van der Waals surface area contributed by atoms with Crippen molar-refractivity contribution in [1.82, 2.24) is 5.32 Å². The first kappa shape index (κ1) is 58.7. The second-order valence-electron chi connectivity index (χ2n) is 16.4. The number of unbranched alkanes of at least 4 members (excludes halogenated alkanes) is 23. The summed E-state index contributed by atoms with van der Waals surface area (Å²) in [6.07, 6.45) is 57.2. The number of nitrogens with one attached hydrogen (secondary N) is 1. The van der Waals surface area contributed by atoms with Crippen LogP contribution in [0.4, 0.5) is 0 Å². The molecule has 0 bridgehead atoms. The molecule has 0 aromatic rings. The van der Waals surface area contributed by atoms with Gasteiger partial charge in [0.15, 0.2) is 0 Å². The van der Waals surface area contributed by atoms with Gasteiger partial charge in [-0.15, -0.1) is 0 Å². The molecule has 0 aliphatic heterocycles. The van der Waals surface area contributed by atoms with E-state index in [1.165, 1.54) is 122 Å². The lowest BCUT2D eigenvalue weighted by molar-refractivity contribution is -0.147. The molecule has 2 unspecified atom stereocenters. The highest BCUT2D eigenvalue weighted by Crippen LogP contribution is 2.42. The number of hydrogen-bond donors (Lipinski definition) is 3. The van der Waals surface area contributed by atoms with E-state index in [9.17, 15) is 24.2 Å². The highest BCUT2D eigenvalue weighted by molar-refractivity contribution is 7.47. The summed E-state index contributed by atoms with van der Waals surface area (Å²) in [7, 11) is -4.43. The molecule has 0 saturated heterocycles. The van der Waals surface area contributed by atoms with Gasteiger partial charge in [0.1, 0.15) is 12.7 Å². The van der Waals surface area contributed by atoms with Crippen molar-refractivity contribution in [3.63, 3.8) is 0 Å². The zero-order valence-corrected chi connectivity index (χ0v) is 40.0. The molecule has 0 radical (unpaired) electrons. The molecule has 0 saturated carbocycles. The van der Waals surface area contributed by atoms with E-state index in [1.54, 1.807) is 0 Å². The molecule has 0 aromatic carbocycles. The third-order valence-corrected chi connectivity index (χ3v) is 11.4. The Labute approximate surface area is 374 Å². The summed E-state index contributed by atoms with van der Waals surface area (Å²) >= 11 is 0. The van der Waals surface area contributed by atoms with Crippen molar-refractivity contribution >= 4 is 19.7 Å². The van der Waals surface area contributed by atoms with Crippen LogP contribution in [0.5, 0.6) is 0 Å². The van der Waals surface area contributed by atoms with Gasteiger partial charge in [-0.1, -0.05) is 184 Å². The Morgan fingerprint density at radius 3 is 1.38 bits per heavy atom. The van der Waals surface area contributed by atoms with E-state index in [0.717, 1.165) is 70.6 Å². The van der Waals surface area contributed by atoms with Crippen LogP contribution in [0, 0.1) is 0 Å². The third-order valence-electron chi connectivity index (χ3n) is 10.4. The molecule has 1 amide bonds. The molecular formula is C51H92NO8P. The number of rotatable bonds is 46. The van der Waals surface area contributed by atoms with Crippen LogP contribution in [0.15, 0.2) is 60.8 Å². The van der Waals surface area contributed by atoms with Crippen LogP contribution in [0.2, 0.25) is 0 Å². The summed E-state index contributed by atoms with van der Waals surface area (Å²) in [4.78, 5) is 34.0. The van der Waals surface area contributed by atoms with Gasteiger partial charge in [0, 0.05) is 19.4 Å². The summed E-state index contributed by atoms with van der Waals surface area (Å²) in [6, 6.07) is 0. The van der Waals surface area contributed by atoms with Gasteiger partial charge in [0.2, 0.25) is 5.91 Å². The maximum atomic E-state index is 12.1. The van der Waals surface area contributed by atoms with E-state index >= 15 is 0 Å². The highest BCUT2D eigenvalue weighted by atomic mass is 31.2. The minimum Gasteiger partial charge on any atom is -0.463 e. The lowest BCUT2D eigenvalue weighted by Gasteiger charge is -2.15. The molecule has 61 heavy (non-hydrogen) atoms. The Hall–Kier alpha value is -2.29. The number of carbonyl (C=O) groups is 2. The normalized spacial score (nSPS) is 13.7. The standard InChI is InChI=1S/C51H92NO8P/c1-3-5-7-9-11-13-15-17-19-21-22-23-24-25-26-28-30-32-34-36-38-40-42-44-51(55)58-47-49(53)48-60-61(56,57)59-46-45-52-50(54)43-41-39-37-35-33-31-29-27-20-18-16-14-12-10-8-6-4-2/h11,13,17-20,22-23,25-26,49,53H,3-10,12,14-16,21,24,27-48H2,1-2H3,(H,52,54)(H,56,57)/b13-11-,19-17-,20-18-,23-22-,26-25-. The van der Waals surface area contributed by atoms with E-state index in [-0.39, 0.29) is 32.1 Å². The molecule has 0 fully saturated rings. The molecular weight excluding hydrogens is 786 g/mol. The topological polar surface area (TPSA) is 131 Å². The van der Waals surface area contributed by atoms with Crippen LogP contribution >= 0.6 is 7.82 Å². The van der Waals surface area contributed by atoms with Crippen LogP contribution in [-0.2, 0) is 27.9 Å². The largest absolute Gasteiger partial charge is 0.472 e. The fourth-order valence-electron chi connectivity index (χ4n) is 6.65. The number of phosphoric acid groups is 1. The minimum atomic E-state index is -4.43. The maximum absolute atomic E-state index is 12.1. The monoisotopic (exact) mass is 878 g/mol.